The van der Waals surface area contributed by atoms with Crippen LogP contribution in [0.2, 0.25) is 0 Å². The van der Waals surface area contributed by atoms with Crippen molar-refractivity contribution in [1.82, 2.24) is 4.31 Å². The average Bonchev–Trinajstić information content (AvgIpc) is 3.30. The van der Waals surface area contributed by atoms with E-state index >= 15 is 0 Å². The molecule has 1 unspecified atom stereocenters. The molecule has 0 radical (unpaired) electrons. The van der Waals surface area contributed by atoms with E-state index in [1.165, 1.54) is 23.5 Å². The van der Waals surface area contributed by atoms with Crippen molar-refractivity contribution in [1.29, 1.82) is 0 Å². The summed E-state index contributed by atoms with van der Waals surface area (Å²) in [7, 11) is -2.14. The molecule has 0 saturated carbocycles. The van der Waals surface area contributed by atoms with E-state index in [0.29, 0.717) is 36.7 Å². The maximum atomic E-state index is 13.0. The molecule has 0 aliphatic carbocycles. The van der Waals surface area contributed by atoms with Crippen molar-refractivity contribution in [2.24, 2.45) is 0 Å². The van der Waals surface area contributed by atoms with E-state index in [-0.39, 0.29) is 10.8 Å². The van der Waals surface area contributed by atoms with Gasteiger partial charge in [0.25, 0.3) is 5.91 Å². The van der Waals surface area contributed by atoms with E-state index in [1.54, 1.807) is 6.07 Å². The van der Waals surface area contributed by atoms with Gasteiger partial charge in [0.2, 0.25) is 10.0 Å². The standard InChI is InChI=1S/C23H30N2O5S/c1-5-20(30-21-10-8-9-16(2)17(21)3)23(26)24-19-15-18(11-12-22(19)29-4)31(27,28)25-13-6-7-14-25/h8-12,15,20H,5-7,13-14H2,1-4H3,(H,24,26). The van der Waals surface area contributed by atoms with Gasteiger partial charge >= 0.3 is 0 Å². The molecule has 7 nitrogen and oxygen atoms in total. The SMILES string of the molecule is CCC(Oc1cccc(C)c1C)C(=O)Nc1cc(S(=O)(=O)N2CCCC2)ccc1OC. The summed E-state index contributed by atoms with van der Waals surface area (Å²) < 4.78 is 38.6. The highest BCUT2D eigenvalue weighted by Crippen LogP contribution is 2.31. The number of benzene rings is 2. The molecular weight excluding hydrogens is 416 g/mol. The Morgan fingerprint density at radius 2 is 1.84 bits per heavy atom. The molecule has 0 aromatic heterocycles. The summed E-state index contributed by atoms with van der Waals surface area (Å²) in [5.41, 5.74) is 2.36. The highest BCUT2D eigenvalue weighted by Gasteiger charge is 2.28. The van der Waals surface area contributed by atoms with Crippen LogP contribution in [0.1, 0.15) is 37.3 Å². The second-order valence-electron chi connectivity index (χ2n) is 7.68. The molecular formula is C23H30N2O5S. The zero-order valence-electron chi connectivity index (χ0n) is 18.5. The van der Waals surface area contributed by atoms with E-state index in [9.17, 15) is 13.2 Å². The quantitative estimate of drug-likeness (QED) is 0.665. The minimum absolute atomic E-state index is 0.133. The Hall–Kier alpha value is -2.58. The van der Waals surface area contributed by atoms with Gasteiger partial charge in [-0.2, -0.15) is 4.31 Å². The fourth-order valence-electron chi connectivity index (χ4n) is 3.56. The van der Waals surface area contributed by atoms with Crippen LogP contribution in [0.4, 0.5) is 5.69 Å². The predicted octanol–water partition coefficient (Wildman–Crippen LogP) is 3.89. The van der Waals surface area contributed by atoms with Crippen molar-refractivity contribution in [2.45, 2.75) is 51.0 Å². The maximum Gasteiger partial charge on any atom is 0.265 e. The first-order valence-corrected chi connectivity index (χ1v) is 11.9. The molecule has 0 spiro atoms. The monoisotopic (exact) mass is 446 g/mol. The van der Waals surface area contributed by atoms with Crippen LogP contribution in [0.15, 0.2) is 41.3 Å². The number of aryl methyl sites for hydroxylation is 1. The number of methoxy groups -OCH3 is 1. The number of rotatable bonds is 8. The molecule has 2 aromatic rings. The Bertz CT molecular complexity index is 1050. The molecule has 1 aliphatic heterocycles. The second-order valence-corrected chi connectivity index (χ2v) is 9.61. The average molecular weight is 447 g/mol. The molecule has 1 fully saturated rings. The Balaban J connectivity index is 1.84. The van der Waals surface area contributed by atoms with Crippen molar-refractivity contribution >= 4 is 21.6 Å². The number of carbonyl (C=O) groups excluding carboxylic acids is 1. The third kappa shape index (κ3) is 5.02. The summed E-state index contributed by atoms with van der Waals surface area (Å²) in [4.78, 5) is 13.1. The smallest absolute Gasteiger partial charge is 0.265 e. The lowest BCUT2D eigenvalue weighted by atomic mass is 10.1. The summed E-state index contributed by atoms with van der Waals surface area (Å²) in [6, 6.07) is 10.2. The van der Waals surface area contributed by atoms with Gasteiger partial charge in [-0.1, -0.05) is 19.1 Å². The van der Waals surface area contributed by atoms with Gasteiger partial charge in [0.15, 0.2) is 6.10 Å². The molecule has 1 saturated heterocycles. The molecule has 1 heterocycles. The van der Waals surface area contributed by atoms with Crippen molar-refractivity contribution < 1.29 is 22.7 Å². The molecule has 1 aliphatic rings. The Morgan fingerprint density at radius 3 is 2.48 bits per heavy atom. The van der Waals surface area contributed by atoms with Crippen LogP contribution in [0.25, 0.3) is 0 Å². The maximum absolute atomic E-state index is 13.0. The van der Waals surface area contributed by atoms with E-state index in [4.69, 9.17) is 9.47 Å². The largest absolute Gasteiger partial charge is 0.495 e. The number of anilines is 1. The predicted molar refractivity (Wildman–Crippen MR) is 120 cm³/mol. The van der Waals surface area contributed by atoms with Gasteiger partial charge in [-0.15, -0.1) is 0 Å². The Morgan fingerprint density at radius 1 is 1.13 bits per heavy atom. The van der Waals surface area contributed by atoms with Crippen LogP contribution in [-0.4, -0.2) is 44.9 Å². The van der Waals surface area contributed by atoms with Crippen LogP contribution in [0.3, 0.4) is 0 Å². The van der Waals surface area contributed by atoms with Gasteiger partial charge in [-0.05, 0) is 68.5 Å². The van der Waals surface area contributed by atoms with Gasteiger partial charge in [0.1, 0.15) is 11.5 Å². The number of carbonyl (C=O) groups is 1. The third-order valence-corrected chi connectivity index (χ3v) is 7.51. The summed E-state index contributed by atoms with van der Waals surface area (Å²) in [6.07, 6.45) is 1.43. The molecule has 3 rings (SSSR count). The van der Waals surface area contributed by atoms with Gasteiger partial charge < -0.3 is 14.8 Å². The fraction of sp³-hybridized carbons (Fsp3) is 0.435. The lowest BCUT2D eigenvalue weighted by molar-refractivity contribution is -0.122. The zero-order valence-corrected chi connectivity index (χ0v) is 19.3. The fourth-order valence-corrected chi connectivity index (χ4v) is 5.11. The van der Waals surface area contributed by atoms with Gasteiger partial charge in [0, 0.05) is 13.1 Å². The van der Waals surface area contributed by atoms with Crippen molar-refractivity contribution in [3.8, 4) is 11.5 Å². The molecule has 1 amide bonds. The topological polar surface area (TPSA) is 84.9 Å². The number of nitrogens with zero attached hydrogens (tertiary/aromatic N) is 1. The summed E-state index contributed by atoms with van der Waals surface area (Å²) in [5, 5.41) is 2.80. The molecule has 1 N–H and O–H groups in total. The van der Waals surface area contributed by atoms with Crippen LogP contribution >= 0.6 is 0 Å². The normalized spacial score (nSPS) is 15.5. The highest BCUT2D eigenvalue weighted by atomic mass is 32.2. The molecule has 8 heteroatoms. The van der Waals surface area contributed by atoms with Gasteiger partial charge in [-0.3, -0.25) is 4.79 Å². The third-order valence-electron chi connectivity index (χ3n) is 5.62. The van der Waals surface area contributed by atoms with Crippen LogP contribution in [-0.2, 0) is 14.8 Å². The first-order valence-electron chi connectivity index (χ1n) is 10.5. The second kappa shape index (κ2) is 9.70. The molecule has 2 aromatic carbocycles. The highest BCUT2D eigenvalue weighted by molar-refractivity contribution is 7.89. The first-order chi connectivity index (χ1) is 14.8. The Kier molecular flexibility index (Phi) is 7.23. The number of amides is 1. The first kappa shape index (κ1) is 23.1. The van der Waals surface area contributed by atoms with E-state index in [0.717, 1.165) is 24.0 Å². The summed E-state index contributed by atoms with van der Waals surface area (Å²) in [6.45, 7) is 6.82. The van der Waals surface area contributed by atoms with E-state index in [2.05, 4.69) is 5.32 Å². The van der Waals surface area contributed by atoms with Crippen molar-refractivity contribution in [2.75, 3.05) is 25.5 Å². The number of sulfonamides is 1. The van der Waals surface area contributed by atoms with Crippen LogP contribution in [0, 0.1) is 13.8 Å². The lowest BCUT2D eigenvalue weighted by Gasteiger charge is -2.21. The van der Waals surface area contributed by atoms with Crippen molar-refractivity contribution in [3.05, 3.63) is 47.5 Å². The number of hydrogen-bond donors (Lipinski definition) is 1. The lowest BCUT2D eigenvalue weighted by Crippen LogP contribution is -2.33. The van der Waals surface area contributed by atoms with Gasteiger partial charge in [-0.25, -0.2) is 8.42 Å². The molecule has 31 heavy (non-hydrogen) atoms. The number of ether oxygens (including phenoxy) is 2. The van der Waals surface area contributed by atoms with E-state index < -0.39 is 16.1 Å². The van der Waals surface area contributed by atoms with Crippen LogP contribution < -0.4 is 14.8 Å². The molecule has 0 bridgehead atoms. The van der Waals surface area contributed by atoms with Crippen LogP contribution in [0.5, 0.6) is 11.5 Å². The summed E-state index contributed by atoms with van der Waals surface area (Å²) in [5.74, 6) is 0.673. The zero-order chi connectivity index (χ0) is 22.6. The minimum Gasteiger partial charge on any atom is -0.495 e. The van der Waals surface area contributed by atoms with Gasteiger partial charge in [0.05, 0.1) is 17.7 Å². The molecule has 1 atom stereocenters. The Labute approximate surface area is 184 Å². The minimum atomic E-state index is -3.61. The number of hydrogen-bond acceptors (Lipinski definition) is 5. The van der Waals surface area contributed by atoms with E-state index in [1.807, 2.05) is 39.0 Å². The summed E-state index contributed by atoms with van der Waals surface area (Å²) >= 11 is 0. The number of nitrogens with one attached hydrogen (secondary N) is 1. The molecule has 168 valence electrons. The van der Waals surface area contributed by atoms with Crippen molar-refractivity contribution in [3.63, 3.8) is 0 Å².